The molecule has 1 heterocycles. The molecule has 1 saturated carbocycles. The average Bonchev–Trinajstić information content (AvgIpc) is 3.02. The van der Waals surface area contributed by atoms with Crippen molar-refractivity contribution in [2.75, 3.05) is 11.9 Å². The number of hydrogen-bond donors (Lipinski definition) is 1. The fourth-order valence-corrected chi connectivity index (χ4v) is 2.94. The first kappa shape index (κ1) is 17.6. The normalized spacial score (nSPS) is 19.7. The number of anilines is 1. The van der Waals surface area contributed by atoms with Crippen molar-refractivity contribution in [3.63, 3.8) is 0 Å². The summed E-state index contributed by atoms with van der Waals surface area (Å²) >= 11 is 0. The SMILES string of the molecule is CCOC1CC(Cc2nc(-c3cccc(NC(=O)C(C)C)c3)no2)C1. The lowest BCUT2D eigenvalue weighted by Crippen LogP contribution is -2.32. The summed E-state index contributed by atoms with van der Waals surface area (Å²) in [6.07, 6.45) is 3.30. The van der Waals surface area contributed by atoms with Gasteiger partial charge in [0.05, 0.1) is 6.10 Å². The number of hydrogen-bond acceptors (Lipinski definition) is 5. The monoisotopic (exact) mass is 343 g/mol. The van der Waals surface area contributed by atoms with Crippen molar-refractivity contribution in [3.8, 4) is 11.4 Å². The number of carbonyl (C=O) groups is 1. The van der Waals surface area contributed by atoms with Crippen LogP contribution in [0.3, 0.4) is 0 Å². The van der Waals surface area contributed by atoms with E-state index in [1.807, 2.05) is 45.0 Å². The first-order chi connectivity index (χ1) is 12.0. The molecule has 1 aliphatic rings. The number of nitrogens with zero attached hydrogens (tertiary/aromatic N) is 2. The second-order valence-corrected chi connectivity index (χ2v) is 6.86. The lowest BCUT2D eigenvalue weighted by molar-refractivity contribution is -0.118. The van der Waals surface area contributed by atoms with E-state index in [2.05, 4.69) is 15.5 Å². The van der Waals surface area contributed by atoms with E-state index in [9.17, 15) is 4.79 Å². The van der Waals surface area contributed by atoms with Gasteiger partial charge < -0.3 is 14.6 Å². The van der Waals surface area contributed by atoms with Crippen LogP contribution in [0.25, 0.3) is 11.4 Å². The van der Waals surface area contributed by atoms with Gasteiger partial charge in [-0.25, -0.2) is 0 Å². The van der Waals surface area contributed by atoms with Gasteiger partial charge in [0, 0.05) is 30.2 Å². The van der Waals surface area contributed by atoms with E-state index in [1.165, 1.54) is 0 Å². The van der Waals surface area contributed by atoms with Gasteiger partial charge >= 0.3 is 0 Å². The number of ether oxygens (including phenoxy) is 1. The number of aromatic nitrogens is 2. The van der Waals surface area contributed by atoms with E-state index < -0.39 is 0 Å². The van der Waals surface area contributed by atoms with Crippen molar-refractivity contribution >= 4 is 11.6 Å². The number of rotatable bonds is 7. The molecule has 1 fully saturated rings. The molecule has 1 N–H and O–H groups in total. The third kappa shape index (κ3) is 4.45. The molecule has 6 heteroatoms. The third-order valence-corrected chi connectivity index (χ3v) is 4.44. The maximum atomic E-state index is 11.8. The average molecular weight is 343 g/mol. The Labute approximate surface area is 148 Å². The van der Waals surface area contributed by atoms with E-state index in [4.69, 9.17) is 9.26 Å². The van der Waals surface area contributed by atoms with Crippen molar-refractivity contribution in [2.24, 2.45) is 11.8 Å². The standard InChI is InChI=1S/C19H25N3O3/c1-4-24-16-8-13(9-16)10-17-21-18(22-25-17)14-6-5-7-15(11-14)20-19(23)12(2)3/h5-7,11-13,16H,4,8-10H2,1-3H3,(H,20,23). The minimum absolute atomic E-state index is 0.0141. The molecule has 134 valence electrons. The number of nitrogens with one attached hydrogen (secondary N) is 1. The Morgan fingerprint density at radius 2 is 2.20 bits per heavy atom. The summed E-state index contributed by atoms with van der Waals surface area (Å²) in [6, 6.07) is 7.50. The summed E-state index contributed by atoms with van der Waals surface area (Å²) in [6.45, 7) is 6.52. The van der Waals surface area contributed by atoms with Crippen molar-refractivity contribution in [2.45, 2.75) is 46.1 Å². The fraction of sp³-hybridized carbons (Fsp3) is 0.526. The lowest BCUT2D eigenvalue weighted by Gasteiger charge is -2.33. The van der Waals surface area contributed by atoms with E-state index in [-0.39, 0.29) is 11.8 Å². The molecule has 0 unspecified atom stereocenters. The van der Waals surface area contributed by atoms with Crippen LogP contribution in [0.4, 0.5) is 5.69 Å². The first-order valence-electron chi connectivity index (χ1n) is 8.90. The maximum absolute atomic E-state index is 11.8. The summed E-state index contributed by atoms with van der Waals surface area (Å²) in [5.41, 5.74) is 1.57. The van der Waals surface area contributed by atoms with Crippen LogP contribution in [-0.2, 0) is 16.0 Å². The van der Waals surface area contributed by atoms with Crippen molar-refractivity contribution in [1.29, 1.82) is 0 Å². The van der Waals surface area contributed by atoms with Gasteiger partial charge in [-0.05, 0) is 37.8 Å². The molecule has 1 amide bonds. The molecule has 6 nitrogen and oxygen atoms in total. The highest BCUT2D eigenvalue weighted by atomic mass is 16.5. The molecule has 0 radical (unpaired) electrons. The Kier molecular flexibility index (Phi) is 5.48. The summed E-state index contributed by atoms with van der Waals surface area (Å²) < 4.78 is 11.0. The van der Waals surface area contributed by atoms with Crippen LogP contribution in [0.1, 0.15) is 39.5 Å². The zero-order valence-corrected chi connectivity index (χ0v) is 15.0. The Morgan fingerprint density at radius 3 is 2.92 bits per heavy atom. The summed E-state index contributed by atoms with van der Waals surface area (Å²) in [4.78, 5) is 16.3. The van der Waals surface area contributed by atoms with Gasteiger partial charge in [0.25, 0.3) is 0 Å². The molecule has 25 heavy (non-hydrogen) atoms. The molecule has 2 aromatic rings. The molecule has 0 atom stereocenters. The Bertz CT molecular complexity index is 720. The number of carbonyl (C=O) groups excluding carboxylic acids is 1. The van der Waals surface area contributed by atoms with Gasteiger partial charge in [-0.1, -0.05) is 31.1 Å². The maximum Gasteiger partial charge on any atom is 0.227 e. The smallest absolute Gasteiger partial charge is 0.227 e. The molecule has 0 aliphatic heterocycles. The van der Waals surface area contributed by atoms with Gasteiger partial charge in [0.1, 0.15) is 0 Å². The third-order valence-electron chi connectivity index (χ3n) is 4.44. The highest BCUT2D eigenvalue weighted by Gasteiger charge is 2.31. The van der Waals surface area contributed by atoms with Crippen molar-refractivity contribution < 1.29 is 14.1 Å². The minimum atomic E-state index is -0.0663. The highest BCUT2D eigenvalue weighted by Crippen LogP contribution is 2.33. The molecular formula is C19H25N3O3. The van der Waals surface area contributed by atoms with Crippen LogP contribution in [0, 0.1) is 11.8 Å². The summed E-state index contributed by atoms with van der Waals surface area (Å²) in [7, 11) is 0. The molecule has 0 bridgehead atoms. The van der Waals surface area contributed by atoms with Gasteiger partial charge in [-0.2, -0.15) is 4.98 Å². The molecule has 3 rings (SSSR count). The van der Waals surface area contributed by atoms with Gasteiger partial charge in [0.2, 0.25) is 17.6 Å². The predicted octanol–water partition coefficient (Wildman–Crippen LogP) is 3.69. The van der Waals surface area contributed by atoms with E-state index in [0.29, 0.717) is 23.7 Å². The van der Waals surface area contributed by atoms with Crippen LogP contribution in [-0.4, -0.2) is 28.8 Å². The molecular weight excluding hydrogens is 318 g/mol. The van der Waals surface area contributed by atoms with Crippen LogP contribution in [0.15, 0.2) is 28.8 Å². The largest absolute Gasteiger partial charge is 0.378 e. The quantitative estimate of drug-likeness (QED) is 0.829. The Balaban J connectivity index is 1.61. The van der Waals surface area contributed by atoms with E-state index in [1.54, 1.807) is 0 Å². The molecule has 0 saturated heterocycles. The Morgan fingerprint density at radius 1 is 1.40 bits per heavy atom. The summed E-state index contributed by atoms with van der Waals surface area (Å²) in [5, 5.41) is 6.97. The molecule has 1 aliphatic carbocycles. The number of benzene rings is 1. The Hall–Kier alpha value is -2.21. The lowest BCUT2D eigenvalue weighted by atomic mass is 9.80. The van der Waals surface area contributed by atoms with E-state index in [0.717, 1.165) is 37.1 Å². The van der Waals surface area contributed by atoms with Crippen LogP contribution in [0.5, 0.6) is 0 Å². The predicted molar refractivity (Wildman–Crippen MR) is 95.0 cm³/mol. The number of amides is 1. The van der Waals surface area contributed by atoms with E-state index >= 15 is 0 Å². The second-order valence-electron chi connectivity index (χ2n) is 6.86. The topological polar surface area (TPSA) is 77.2 Å². The van der Waals surface area contributed by atoms with Crippen LogP contribution < -0.4 is 5.32 Å². The van der Waals surface area contributed by atoms with Gasteiger partial charge in [0.15, 0.2) is 0 Å². The van der Waals surface area contributed by atoms with Crippen LogP contribution >= 0.6 is 0 Å². The van der Waals surface area contributed by atoms with Crippen LogP contribution in [0.2, 0.25) is 0 Å². The van der Waals surface area contributed by atoms with Crippen molar-refractivity contribution in [1.82, 2.24) is 10.1 Å². The van der Waals surface area contributed by atoms with Gasteiger partial charge in [-0.3, -0.25) is 4.79 Å². The minimum Gasteiger partial charge on any atom is -0.378 e. The zero-order valence-electron chi connectivity index (χ0n) is 15.0. The molecule has 0 spiro atoms. The second kappa shape index (κ2) is 7.78. The first-order valence-corrected chi connectivity index (χ1v) is 8.90. The molecule has 1 aromatic carbocycles. The summed E-state index contributed by atoms with van der Waals surface area (Å²) in [5.74, 6) is 1.69. The van der Waals surface area contributed by atoms with Gasteiger partial charge in [-0.15, -0.1) is 0 Å². The van der Waals surface area contributed by atoms with Crippen molar-refractivity contribution in [3.05, 3.63) is 30.2 Å². The zero-order chi connectivity index (χ0) is 17.8. The highest BCUT2D eigenvalue weighted by molar-refractivity contribution is 5.92. The fourth-order valence-electron chi connectivity index (χ4n) is 2.94. The molecule has 1 aromatic heterocycles.